The number of carboxylic acids is 1. The Labute approximate surface area is 102 Å². The molecule has 0 aliphatic rings. The molecular weight excluding hydrogens is 277 g/mol. The number of aromatic nitrogens is 1. The molecule has 0 atom stereocenters. The Morgan fingerprint density at radius 3 is 2.53 bits per heavy atom. The van der Waals surface area contributed by atoms with Gasteiger partial charge < -0.3 is 14.9 Å². The predicted molar refractivity (Wildman–Crippen MR) is 50.6 cm³/mol. The monoisotopic (exact) mass is 282 g/mol. The van der Waals surface area contributed by atoms with Crippen molar-refractivity contribution in [3.05, 3.63) is 21.9 Å². The highest BCUT2D eigenvalue weighted by Gasteiger charge is 2.35. The summed E-state index contributed by atoms with van der Waals surface area (Å²) < 4.78 is 39.3. The molecule has 0 bridgehead atoms. The third-order valence-electron chi connectivity index (χ3n) is 1.74. The van der Waals surface area contributed by atoms with E-state index in [9.17, 15) is 33.2 Å². The first-order chi connectivity index (χ1) is 8.60. The summed E-state index contributed by atoms with van der Waals surface area (Å²) in [5.74, 6) is -4.38. The van der Waals surface area contributed by atoms with E-state index in [1.54, 1.807) is 0 Å². The summed E-state index contributed by atoms with van der Waals surface area (Å²) >= 11 is 0. The van der Waals surface area contributed by atoms with Gasteiger partial charge in [-0.25, -0.2) is 4.98 Å². The fourth-order valence-corrected chi connectivity index (χ4v) is 1.12. The minimum absolute atomic E-state index is 0.548. The van der Waals surface area contributed by atoms with Gasteiger partial charge in [-0.3, -0.25) is 14.9 Å². The molecule has 1 heterocycles. The number of aliphatic carboxylic acids is 1. The van der Waals surface area contributed by atoms with Gasteiger partial charge in [-0.2, -0.15) is 0 Å². The molecule has 1 rings (SSSR count). The molecule has 0 amide bonds. The number of halogens is 3. The van der Waals surface area contributed by atoms with Crippen LogP contribution in [0.1, 0.15) is 5.69 Å². The van der Waals surface area contributed by atoms with Crippen LogP contribution in [0.15, 0.2) is 6.07 Å². The van der Waals surface area contributed by atoms with E-state index in [-0.39, 0.29) is 0 Å². The minimum Gasteiger partial charge on any atom is -0.498 e. The van der Waals surface area contributed by atoms with Crippen LogP contribution in [0.3, 0.4) is 0 Å². The van der Waals surface area contributed by atoms with Crippen molar-refractivity contribution in [1.29, 1.82) is 0 Å². The van der Waals surface area contributed by atoms with Crippen LogP contribution in [0.5, 0.6) is 11.6 Å². The highest BCUT2D eigenvalue weighted by molar-refractivity contribution is 5.70. The van der Waals surface area contributed by atoms with Gasteiger partial charge in [0.15, 0.2) is 0 Å². The van der Waals surface area contributed by atoms with Crippen molar-refractivity contribution in [1.82, 2.24) is 4.98 Å². The van der Waals surface area contributed by atoms with Gasteiger partial charge in [-0.15, -0.1) is 13.2 Å². The summed E-state index contributed by atoms with van der Waals surface area (Å²) in [6.45, 7) is 0. The number of aromatic hydroxyl groups is 1. The summed E-state index contributed by atoms with van der Waals surface area (Å²) in [6, 6.07) is 0.548. The van der Waals surface area contributed by atoms with Gasteiger partial charge in [0.2, 0.25) is 0 Å². The Kier molecular flexibility index (Phi) is 3.77. The molecule has 8 nitrogen and oxygen atoms in total. The number of pyridine rings is 1. The second kappa shape index (κ2) is 4.96. The van der Waals surface area contributed by atoms with Crippen LogP contribution >= 0.6 is 0 Å². The molecule has 104 valence electrons. The zero-order chi connectivity index (χ0) is 14.8. The highest BCUT2D eigenvalue weighted by atomic mass is 19.4. The highest BCUT2D eigenvalue weighted by Crippen LogP contribution is 2.37. The van der Waals surface area contributed by atoms with Crippen molar-refractivity contribution in [2.45, 2.75) is 12.8 Å². The number of nitro groups is 1. The number of carboxylic acid groups (broad SMARTS) is 1. The molecule has 1 aromatic heterocycles. The van der Waals surface area contributed by atoms with Gasteiger partial charge in [0.25, 0.3) is 11.6 Å². The second-order valence-corrected chi connectivity index (χ2v) is 3.16. The summed E-state index contributed by atoms with van der Waals surface area (Å²) in [5, 5.41) is 28.2. The van der Waals surface area contributed by atoms with E-state index in [0.717, 1.165) is 0 Å². The molecule has 1 aromatic rings. The van der Waals surface area contributed by atoms with Gasteiger partial charge in [-0.05, 0) is 0 Å². The fourth-order valence-electron chi connectivity index (χ4n) is 1.12. The number of rotatable bonds is 4. The fraction of sp³-hybridized carbons (Fsp3) is 0.250. The molecule has 0 spiro atoms. The molecule has 19 heavy (non-hydrogen) atoms. The van der Waals surface area contributed by atoms with E-state index < -0.39 is 46.7 Å². The van der Waals surface area contributed by atoms with Crippen molar-refractivity contribution >= 4 is 11.7 Å². The maximum Gasteiger partial charge on any atom is 0.574 e. The third kappa shape index (κ3) is 3.97. The van der Waals surface area contributed by atoms with Crippen molar-refractivity contribution < 1.29 is 37.8 Å². The predicted octanol–water partition coefficient (Wildman–Crippen LogP) is 1.22. The minimum atomic E-state index is -5.24. The molecule has 0 radical (unpaired) electrons. The zero-order valence-electron chi connectivity index (χ0n) is 8.84. The van der Waals surface area contributed by atoms with Crippen molar-refractivity contribution in [2.24, 2.45) is 0 Å². The van der Waals surface area contributed by atoms with Crippen molar-refractivity contribution in [3.8, 4) is 11.6 Å². The van der Waals surface area contributed by atoms with Crippen LogP contribution < -0.4 is 4.74 Å². The Balaban J connectivity index is 3.31. The Morgan fingerprint density at radius 2 is 2.11 bits per heavy atom. The molecule has 0 saturated heterocycles. The summed E-state index contributed by atoms with van der Waals surface area (Å²) in [7, 11) is 0. The van der Waals surface area contributed by atoms with E-state index in [1.165, 1.54) is 0 Å². The number of hydrogen-bond acceptors (Lipinski definition) is 6. The summed E-state index contributed by atoms with van der Waals surface area (Å²) in [5.41, 5.74) is -1.69. The lowest BCUT2D eigenvalue weighted by atomic mass is 10.2. The maximum absolute atomic E-state index is 12.0. The number of carbonyl (C=O) groups is 1. The molecule has 0 aliphatic carbocycles. The smallest absolute Gasteiger partial charge is 0.498 e. The van der Waals surface area contributed by atoms with Gasteiger partial charge >= 0.3 is 18.0 Å². The van der Waals surface area contributed by atoms with Gasteiger partial charge in [0.05, 0.1) is 17.0 Å². The number of ether oxygens (including phenoxy) is 1. The quantitative estimate of drug-likeness (QED) is 0.628. The Hall–Kier alpha value is -2.59. The number of nitrogens with zero attached hydrogens (tertiary/aromatic N) is 2. The lowest BCUT2D eigenvalue weighted by Gasteiger charge is -2.10. The molecule has 0 unspecified atom stereocenters. The van der Waals surface area contributed by atoms with Crippen LogP contribution in [-0.4, -0.2) is 32.5 Å². The Bertz CT molecular complexity index is 530. The average Bonchev–Trinajstić information content (AvgIpc) is 2.19. The maximum atomic E-state index is 12.0. The van der Waals surface area contributed by atoms with Gasteiger partial charge in [0.1, 0.15) is 0 Å². The number of hydrogen-bond donors (Lipinski definition) is 2. The van der Waals surface area contributed by atoms with Crippen LogP contribution in [0.25, 0.3) is 0 Å². The third-order valence-corrected chi connectivity index (χ3v) is 1.74. The average molecular weight is 282 g/mol. The zero-order valence-corrected chi connectivity index (χ0v) is 8.84. The van der Waals surface area contributed by atoms with Crippen LogP contribution in [0.4, 0.5) is 18.9 Å². The SMILES string of the molecule is O=C(O)Cc1cc([N+](=O)[O-])c(O)c(OC(F)(F)F)n1. The van der Waals surface area contributed by atoms with Crippen LogP contribution in [0, 0.1) is 10.1 Å². The first-order valence-corrected chi connectivity index (χ1v) is 4.45. The van der Waals surface area contributed by atoms with E-state index in [4.69, 9.17) is 5.11 Å². The van der Waals surface area contributed by atoms with Crippen molar-refractivity contribution in [3.63, 3.8) is 0 Å². The molecule has 0 aromatic carbocycles. The molecule has 2 N–H and O–H groups in total. The molecule has 11 heteroatoms. The van der Waals surface area contributed by atoms with Crippen LogP contribution in [0.2, 0.25) is 0 Å². The van der Waals surface area contributed by atoms with E-state index >= 15 is 0 Å². The first-order valence-electron chi connectivity index (χ1n) is 4.45. The normalized spacial score (nSPS) is 11.1. The van der Waals surface area contributed by atoms with E-state index in [0.29, 0.717) is 6.07 Å². The van der Waals surface area contributed by atoms with E-state index in [1.807, 2.05) is 0 Å². The van der Waals surface area contributed by atoms with Gasteiger partial charge in [0, 0.05) is 6.07 Å². The lowest BCUT2D eigenvalue weighted by molar-refractivity contribution is -0.386. The summed E-state index contributed by atoms with van der Waals surface area (Å²) in [6.07, 6.45) is -6.10. The number of alkyl halides is 3. The first kappa shape index (κ1) is 14.5. The molecule has 0 aliphatic heterocycles. The Morgan fingerprint density at radius 1 is 1.53 bits per heavy atom. The largest absolute Gasteiger partial charge is 0.574 e. The lowest BCUT2D eigenvalue weighted by Crippen LogP contribution is -2.19. The molecule has 0 saturated carbocycles. The topological polar surface area (TPSA) is 123 Å². The standard InChI is InChI=1S/C8H5F3N2O6/c9-8(10,11)19-7-6(16)4(13(17)18)1-3(12-7)2-5(14)15/h1,16H,2H2,(H,14,15). The second-order valence-electron chi connectivity index (χ2n) is 3.16. The van der Waals surface area contributed by atoms with Gasteiger partial charge in [-0.1, -0.05) is 0 Å². The van der Waals surface area contributed by atoms with Crippen LogP contribution in [-0.2, 0) is 11.2 Å². The summed E-state index contributed by atoms with van der Waals surface area (Å²) in [4.78, 5) is 22.8. The molecular formula is C8H5F3N2O6. The molecule has 0 fully saturated rings. The van der Waals surface area contributed by atoms with Crippen molar-refractivity contribution in [2.75, 3.05) is 0 Å². The van der Waals surface area contributed by atoms with E-state index in [2.05, 4.69) is 9.72 Å².